The van der Waals surface area contributed by atoms with Gasteiger partial charge < -0.3 is 14.8 Å². The number of rotatable bonds is 4. The number of hydrogen-bond acceptors (Lipinski definition) is 5. The normalized spacial score (nSPS) is 10.5. The molecular formula is C13H15N3O3. The van der Waals surface area contributed by atoms with Crippen LogP contribution in [-0.4, -0.2) is 21.0 Å². The summed E-state index contributed by atoms with van der Waals surface area (Å²) in [5.41, 5.74) is 1.61. The van der Waals surface area contributed by atoms with E-state index >= 15 is 0 Å². The number of aromatic nitrogens is 2. The van der Waals surface area contributed by atoms with Crippen molar-refractivity contribution in [2.24, 2.45) is 0 Å². The van der Waals surface area contributed by atoms with Crippen LogP contribution in [0.25, 0.3) is 0 Å². The van der Waals surface area contributed by atoms with Crippen molar-refractivity contribution in [1.29, 1.82) is 0 Å². The molecule has 0 unspecified atom stereocenters. The van der Waals surface area contributed by atoms with Crippen molar-refractivity contribution < 1.29 is 14.3 Å². The van der Waals surface area contributed by atoms with Crippen LogP contribution in [0.5, 0.6) is 0 Å². The first-order valence-corrected chi connectivity index (χ1v) is 5.84. The Bertz CT molecular complexity index is 620. The number of carboxylic acids is 1. The standard InChI is InChI=1S/C13H15N3O3/c1-7-4-8(2)16-12(11(7)13(17)18)15-6-10-14-5-9(3)19-10/h4-5H,6H2,1-3H3,(H,15,16)(H,17,18). The molecule has 0 aliphatic carbocycles. The van der Waals surface area contributed by atoms with Crippen LogP contribution in [-0.2, 0) is 6.54 Å². The van der Waals surface area contributed by atoms with Gasteiger partial charge in [-0.15, -0.1) is 0 Å². The Kier molecular flexibility index (Phi) is 3.50. The molecule has 19 heavy (non-hydrogen) atoms. The Balaban J connectivity index is 2.26. The van der Waals surface area contributed by atoms with Crippen molar-refractivity contribution in [3.8, 4) is 0 Å². The van der Waals surface area contributed by atoms with Crippen molar-refractivity contribution in [2.45, 2.75) is 27.3 Å². The summed E-state index contributed by atoms with van der Waals surface area (Å²) in [6.07, 6.45) is 1.62. The van der Waals surface area contributed by atoms with Gasteiger partial charge >= 0.3 is 5.97 Å². The number of nitrogens with one attached hydrogen (secondary N) is 1. The Morgan fingerprint density at radius 1 is 1.42 bits per heavy atom. The van der Waals surface area contributed by atoms with Crippen LogP contribution in [0, 0.1) is 20.8 Å². The van der Waals surface area contributed by atoms with Crippen molar-refractivity contribution in [3.05, 3.63) is 40.7 Å². The van der Waals surface area contributed by atoms with E-state index in [0.29, 0.717) is 29.6 Å². The Labute approximate surface area is 110 Å². The zero-order chi connectivity index (χ0) is 14.0. The molecule has 0 aliphatic heterocycles. The van der Waals surface area contributed by atoms with Gasteiger partial charge in [-0.05, 0) is 32.4 Å². The largest absolute Gasteiger partial charge is 0.478 e. The summed E-state index contributed by atoms with van der Waals surface area (Å²) in [6, 6.07) is 1.74. The van der Waals surface area contributed by atoms with Crippen LogP contribution >= 0.6 is 0 Å². The van der Waals surface area contributed by atoms with Crippen LogP contribution in [0.1, 0.15) is 33.3 Å². The van der Waals surface area contributed by atoms with Gasteiger partial charge in [0.15, 0.2) is 0 Å². The Morgan fingerprint density at radius 3 is 2.74 bits per heavy atom. The number of carbonyl (C=O) groups is 1. The summed E-state index contributed by atoms with van der Waals surface area (Å²) in [5, 5.41) is 12.2. The van der Waals surface area contributed by atoms with E-state index in [-0.39, 0.29) is 5.56 Å². The molecule has 2 aromatic heterocycles. The molecule has 100 valence electrons. The monoisotopic (exact) mass is 261 g/mol. The summed E-state index contributed by atoms with van der Waals surface area (Å²) < 4.78 is 5.32. The highest BCUT2D eigenvalue weighted by atomic mass is 16.4. The third-order valence-corrected chi connectivity index (χ3v) is 2.63. The summed E-state index contributed by atoms with van der Waals surface area (Å²) >= 11 is 0. The maximum atomic E-state index is 11.3. The van der Waals surface area contributed by atoms with Crippen LogP contribution in [0.4, 0.5) is 5.82 Å². The maximum Gasteiger partial charge on any atom is 0.339 e. The van der Waals surface area contributed by atoms with E-state index < -0.39 is 5.97 Å². The molecule has 0 aromatic carbocycles. The molecule has 0 atom stereocenters. The van der Waals surface area contributed by atoms with Gasteiger partial charge in [0, 0.05) is 5.69 Å². The molecule has 6 heteroatoms. The highest BCUT2D eigenvalue weighted by molar-refractivity contribution is 5.94. The zero-order valence-electron chi connectivity index (χ0n) is 11.0. The molecule has 2 aromatic rings. The van der Waals surface area contributed by atoms with Gasteiger partial charge in [0.25, 0.3) is 0 Å². The van der Waals surface area contributed by atoms with Gasteiger partial charge in [0.1, 0.15) is 17.1 Å². The van der Waals surface area contributed by atoms with Crippen LogP contribution in [0.3, 0.4) is 0 Å². The highest BCUT2D eigenvalue weighted by Gasteiger charge is 2.16. The highest BCUT2D eigenvalue weighted by Crippen LogP contribution is 2.19. The number of oxazole rings is 1. The second-order valence-corrected chi connectivity index (χ2v) is 4.33. The fourth-order valence-corrected chi connectivity index (χ4v) is 1.88. The Morgan fingerprint density at radius 2 is 2.16 bits per heavy atom. The van der Waals surface area contributed by atoms with Gasteiger partial charge in [0.2, 0.25) is 5.89 Å². The third-order valence-electron chi connectivity index (χ3n) is 2.63. The number of anilines is 1. The number of pyridine rings is 1. The van der Waals surface area contributed by atoms with E-state index in [1.807, 2.05) is 6.92 Å². The van der Waals surface area contributed by atoms with Crippen molar-refractivity contribution >= 4 is 11.8 Å². The van der Waals surface area contributed by atoms with Crippen LogP contribution in [0.15, 0.2) is 16.7 Å². The molecular weight excluding hydrogens is 246 g/mol. The number of hydrogen-bond donors (Lipinski definition) is 2. The molecule has 0 spiro atoms. The third kappa shape index (κ3) is 2.90. The second-order valence-electron chi connectivity index (χ2n) is 4.33. The lowest BCUT2D eigenvalue weighted by Gasteiger charge is -2.10. The van der Waals surface area contributed by atoms with Gasteiger partial charge in [-0.3, -0.25) is 0 Å². The lowest BCUT2D eigenvalue weighted by atomic mass is 10.1. The van der Waals surface area contributed by atoms with Crippen molar-refractivity contribution in [1.82, 2.24) is 9.97 Å². The minimum atomic E-state index is -1.00. The Hall–Kier alpha value is -2.37. The average Bonchev–Trinajstić information content (AvgIpc) is 2.71. The minimum Gasteiger partial charge on any atom is -0.478 e. The summed E-state index contributed by atoms with van der Waals surface area (Å²) in [5.74, 6) is 0.537. The van der Waals surface area contributed by atoms with E-state index in [9.17, 15) is 9.90 Å². The molecule has 0 saturated carbocycles. The van der Waals surface area contributed by atoms with Crippen molar-refractivity contribution in [3.63, 3.8) is 0 Å². The molecule has 0 amide bonds. The molecule has 0 radical (unpaired) electrons. The van der Waals surface area contributed by atoms with Crippen molar-refractivity contribution in [2.75, 3.05) is 5.32 Å². The van der Waals surface area contributed by atoms with E-state index in [2.05, 4.69) is 15.3 Å². The fourth-order valence-electron chi connectivity index (χ4n) is 1.88. The molecule has 6 nitrogen and oxygen atoms in total. The van der Waals surface area contributed by atoms with E-state index in [0.717, 1.165) is 5.69 Å². The lowest BCUT2D eigenvalue weighted by molar-refractivity contribution is 0.0696. The molecule has 0 aliphatic rings. The van der Waals surface area contributed by atoms with E-state index in [4.69, 9.17) is 4.42 Å². The molecule has 2 heterocycles. The van der Waals surface area contributed by atoms with Gasteiger partial charge in [0.05, 0.1) is 12.7 Å². The van der Waals surface area contributed by atoms with Gasteiger partial charge in [-0.25, -0.2) is 14.8 Å². The number of aryl methyl sites for hydroxylation is 3. The predicted octanol–water partition coefficient (Wildman–Crippen LogP) is 2.31. The summed E-state index contributed by atoms with van der Waals surface area (Å²) in [6.45, 7) is 5.66. The molecule has 0 saturated heterocycles. The first kappa shape index (κ1) is 13.1. The number of nitrogens with zero attached hydrogens (tertiary/aromatic N) is 2. The first-order valence-electron chi connectivity index (χ1n) is 5.84. The predicted molar refractivity (Wildman–Crippen MR) is 69.2 cm³/mol. The summed E-state index contributed by atoms with van der Waals surface area (Å²) in [4.78, 5) is 19.5. The zero-order valence-corrected chi connectivity index (χ0v) is 11.0. The lowest BCUT2D eigenvalue weighted by Crippen LogP contribution is -2.11. The first-order chi connectivity index (χ1) is 8.97. The molecule has 2 rings (SSSR count). The topological polar surface area (TPSA) is 88.2 Å². The minimum absolute atomic E-state index is 0.175. The number of aromatic carboxylic acids is 1. The van der Waals surface area contributed by atoms with E-state index in [1.54, 1.807) is 26.1 Å². The summed E-state index contributed by atoms with van der Waals surface area (Å²) in [7, 11) is 0. The molecule has 2 N–H and O–H groups in total. The van der Waals surface area contributed by atoms with Crippen LogP contribution in [0.2, 0.25) is 0 Å². The quantitative estimate of drug-likeness (QED) is 0.878. The maximum absolute atomic E-state index is 11.3. The smallest absolute Gasteiger partial charge is 0.339 e. The fraction of sp³-hybridized carbons (Fsp3) is 0.308. The SMILES string of the molecule is Cc1cc(C)c(C(=O)O)c(NCc2ncc(C)o2)n1. The van der Waals surface area contributed by atoms with Gasteiger partial charge in [-0.1, -0.05) is 0 Å². The molecule has 0 fully saturated rings. The van der Waals surface area contributed by atoms with Gasteiger partial charge in [-0.2, -0.15) is 0 Å². The molecule has 0 bridgehead atoms. The second kappa shape index (κ2) is 5.09. The van der Waals surface area contributed by atoms with E-state index in [1.165, 1.54) is 0 Å². The number of carboxylic acid groups (broad SMARTS) is 1. The average molecular weight is 261 g/mol. The van der Waals surface area contributed by atoms with Crippen LogP contribution < -0.4 is 5.32 Å².